The first-order valence-electron chi connectivity index (χ1n) is 8.92. The van der Waals surface area contributed by atoms with Crippen molar-refractivity contribution in [1.82, 2.24) is 9.80 Å². The van der Waals surface area contributed by atoms with Gasteiger partial charge in [0, 0.05) is 32.2 Å². The monoisotopic (exact) mass is 338 g/mol. The molecule has 0 aliphatic carbocycles. The van der Waals surface area contributed by atoms with E-state index in [2.05, 4.69) is 36.1 Å². The van der Waals surface area contributed by atoms with E-state index in [1.165, 1.54) is 5.56 Å². The Kier molecular flexibility index (Phi) is 5.84. The van der Waals surface area contributed by atoms with Crippen LogP contribution in [0.25, 0.3) is 0 Å². The van der Waals surface area contributed by atoms with Crippen LogP contribution in [-0.4, -0.2) is 46.5 Å². The SMILES string of the molecule is C[C@@H]1CN(Cc2ccccc2)CCN1C(=O)CC(O)c1ccccc1. The molecule has 1 fully saturated rings. The molecular weight excluding hydrogens is 312 g/mol. The maximum atomic E-state index is 12.6. The molecule has 1 aliphatic heterocycles. The lowest BCUT2D eigenvalue weighted by molar-refractivity contribution is -0.138. The van der Waals surface area contributed by atoms with Gasteiger partial charge in [-0.15, -0.1) is 0 Å². The van der Waals surface area contributed by atoms with Crippen LogP contribution in [0.3, 0.4) is 0 Å². The third-order valence-electron chi connectivity index (χ3n) is 4.83. The normalized spacial score (nSPS) is 19.6. The first kappa shape index (κ1) is 17.6. The van der Waals surface area contributed by atoms with Crippen LogP contribution >= 0.6 is 0 Å². The number of benzene rings is 2. The van der Waals surface area contributed by atoms with Crippen LogP contribution in [0.1, 0.15) is 30.6 Å². The largest absolute Gasteiger partial charge is 0.388 e. The lowest BCUT2D eigenvalue weighted by atomic mass is 10.0. The summed E-state index contributed by atoms with van der Waals surface area (Å²) >= 11 is 0. The van der Waals surface area contributed by atoms with Crippen molar-refractivity contribution in [3.05, 3.63) is 71.8 Å². The van der Waals surface area contributed by atoms with Gasteiger partial charge >= 0.3 is 0 Å². The summed E-state index contributed by atoms with van der Waals surface area (Å²) in [6.45, 7) is 5.45. The van der Waals surface area contributed by atoms with Crippen molar-refractivity contribution in [3.8, 4) is 0 Å². The molecule has 1 unspecified atom stereocenters. The number of carbonyl (C=O) groups excluding carboxylic acids is 1. The highest BCUT2D eigenvalue weighted by atomic mass is 16.3. The molecule has 0 spiro atoms. The fourth-order valence-corrected chi connectivity index (χ4v) is 3.46. The van der Waals surface area contributed by atoms with Gasteiger partial charge in [0.1, 0.15) is 0 Å². The molecule has 1 aliphatic rings. The van der Waals surface area contributed by atoms with E-state index in [9.17, 15) is 9.90 Å². The van der Waals surface area contributed by atoms with Crippen LogP contribution < -0.4 is 0 Å². The van der Waals surface area contributed by atoms with Crippen LogP contribution in [0.2, 0.25) is 0 Å². The number of rotatable bonds is 5. The van der Waals surface area contributed by atoms with E-state index in [0.717, 1.165) is 25.2 Å². The minimum absolute atomic E-state index is 0.0308. The molecule has 2 aromatic rings. The smallest absolute Gasteiger partial charge is 0.225 e. The van der Waals surface area contributed by atoms with Crippen molar-refractivity contribution in [2.24, 2.45) is 0 Å². The molecule has 1 heterocycles. The summed E-state index contributed by atoms with van der Waals surface area (Å²) in [6, 6.07) is 20.0. The zero-order valence-corrected chi connectivity index (χ0v) is 14.7. The van der Waals surface area contributed by atoms with Crippen molar-refractivity contribution >= 4 is 5.91 Å². The molecule has 0 aromatic heterocycles. The Morgan fingerprint density at radius 1 is 1.08 bits per heavy atom. The van der Waals surface area contributed by atoms with Gasteiger partial charge in [0.05, 0.1) is 12.5 Å². The molecule has 2 aromatic carbocycles. The molecule has 3 rings (SSSR count). The molecule has 1 saturated heterocycles. The van der Waals surface area contributed by atoms with Crippen LogP contribution in [0, 0.1) is 0 Å². The summed E-state index contributed by atoms with van der Waals surface area (Å²) in [5.74, 6) is 0.0308. The molecule has 2 atom stereocenters. The first-order valence-corrected chi connectivity index (χ1v) is 8.92. The second-order valence-electron chi connectivity index (χ2n) is 6.79. The van der Waals surface area contributed by atoms with Gasteiger partial charge in [-0.2, -0.15) is 0 Å². The predicted octanol–water partition coefficient (Wildman–Crippen LogP) is 2.84. The van der Waals surface area contributed by atoms with Crippen LogP contribution in [-0.2, 0) is 11.3 Å². The quantitative estimate of drug-likeness (QED) is 0.912. The molecule has 0 bridgehead atoms. The maximum Gasteiger partial charge on any atom is 0.225 e. The summed E-state index contributed by atoms with van der Waals surface area (Å²) in [5, 5.41) is 10.3. The average Bonchev–Trinajstić information content (AvgIpc) is 2.63. The van der Waals surface area contributed by atoms with E-state index in [0.29, 0.717) is 6.54 Å². The highest BCUT2D eigenvalue weighted by Crippen LogP contribution is 2.20. The first-order chi connectivity index (χ1) is 12.1. The lowest BCUT2D eigenvalue weighted by Crippen LogP contribution is -2.53. The second-order valence-corrected chi connectivity index (χ2v) is 6.79. The van der Waals surface area contributed by atoms with Crippen LogP contribution in [0.4, 0.5) is 0 Å². The van der Waals surface area contributed by atoms with Crippen LogP contribution in [0.5, 0.6) is 0 Å². The van der Waals surface area contributed by atoms with Crippen LogP contribution in [0.15, 0.2) is 60.7 Å². The van der Waals surface area contributed by atoms with Gasteiger partial charge in [-0.1, -0.05) is 60.7 Å². The second kappa shape index (κ2) is 8.28. The molecule has 1 N–H and O–H groups in total. The fraction of sp³-hybridized carbons (Fsp3) is 0.381. The third-order valence-corrected chi connectivity index (χ3v) is 4.83. The molecule has 25 heavy (non-hydrogen) atoms. The molecule has 4 nitrogen and oxygen atoms in total. The Labute approximate surface area is 149 Å². The maximum absolute atomic E-state index is 12.6. The van der Waals surface area contributed by atoms with Gasteiger partial charge in [-0.3, -0.25) is 9.69 Å². The summed E-state index contributed by atoms with van der Waals surface area (Å²) < 4.78 is 0. The summed E-state index contributed by atoms with van der Waals surface area (Å²) in [5.41, 5.74) is 2.10. The van der Waals surface area contributed by atoms with Crippen molar-refractivity contribution in [2.45, 2.75) is 32.0 Å². The Balaban J connectivity index is 1.53. The Morgan fingerprint density at radius 2 is 1.72 bits per heavy atom. The molecular formula is C21H26N2O2. The summed E-state index contributed by atoms with van der Waals surface area (Å²) in [4.78, 5) is 16.9. The summed E-state index contributed by atoms with van der Waals surface area (Å²) in [6.07, 6.45) is -0.587. The number of carbonyl (C=O) groups is 1. The van der Waals surface area contributed by atoms with E-state index in [4.69, 9.17) is 0 Å². The van der Waals surface area contributed by atoms with Gasteiger partial charge in [-0.25, -0.2) is 0 Å². The Morgan fingerprint density at radius 3 is 2.36 bits per heavy atom. The molecule has 0 saturated carbocycles. The van der Waals surface area contributed by atoms with Crippen molar-refractivity contribution in [1.29, 1.82) is 0 Å². The number of hydrogen-bond donors (Lipinski definition) is 1. The number of aliphatic hydroxyl groups excluding tert-OH is 1. The van der Waals surface area contributed by atoms with Crippen molar-refractivity contribution < 1.29 is 9.90 Å². The molecule has 0 radical (unpaired) electrons. The van der Waals surface area contributed by atoms with Crippen molar-refractivity contribution in [3.63, 3.8) is 0 Å². The summed E-state index contributed by atoms with van der Waals surface area (Å²) in [7, 11) is 0. The van der Waals surface area contributed by atoms with E-state index < -0.39 is 6.10 Å². The number of nitrogens with zero attached hydrogens (tertiary/aromatic N) is 2. The van der Waals surface area contributed by atoms with E-state index in [1.807, 2.05) is 41.3 Å². The zero-order valence-electron chi connectivity index (χ0n) is 14.7. The standard InChI is InChI=1S/C21H26N2O2/c1-17-15-22(16-18-8-4-2-5-9-18)12-13-23(17)21(25)14-20(24)19-10-6-3-7-11-19/h2-11,17,20,24H,12-16H2,1H3/t17-,20?/m1/s1. The number of piperazine rings is 1. The fourth-order valence-electron chi connectivity index (χ4n) is 3.46. The van der Waals surface area contributed by atoms with Gasteiger partial charge in [0.15, 0.2) is 0 Å². The van der Waals surface area contributed by atoms with Gasteiger partial charge in [0.2, 0.25) is 5.91 Å². The third kappa shape index (κ3) is 4.68. The number of aliphatic hydroxyl groups is 1. The van der Waals surface area contributed by atoms with E-state index in [-0.39, 0.29) is 18.4 Å². The Hall–Kier alpha value is -2.17. The lowest BCUT2D eigenvalue weighted by Gasteiger charge is -2.40. The number of amides is 1. The highest BCUT2D eigenvalue weighted by molar-refractivity contribution is 5.77. The minimum atomic E-state index is -0.733. The molecule has 1 amide bonds. The van der Waals surface area contributed by atoms with E-state index in [1.54, 1.807) is 0 Å². The van der Waals surface area contributed by atoms with Gasteiger partial charge < -0.3 is 10.0 Å². The zero-order chi connectivity index (χ0) is 17.6. The predicted molar refractivity (Wildman–Crippen MR) is 98.9 cm³/mol. The van der Waals surface area contributed by atoms with Crippen molar-refractivity contribution in [2.75, 3.05) is 19.6 Å². The Bertz CT molecular complexity index is 675. The highest BCUT2D eigenvalue weighted by Gasteiger charge is 2.28. The average molecular weight is 338 g/mol. The van der Waals surface area contributed by atoms with E-state index >= 15 is 0 Å². The molecule has 132 valence electrons. The number of hydrogen-bond acceptors (Lipinski definition) is 3. The minimum Gasteiger partial charge on any atom is -0.388 e. The molecule has 4 heteroatoms. The topological polar surface area (TPSA) is 43.8 Å². The van der Waals surface area contributed by atoms with Gasteiger partial charge in [-0.05, 0) is 18.1 Å². The van der Waals surface area contributed by atoms with Gasteiger partial charge in [0.25, 0.3) is 0 Å².